The molecule has 0 saturated heterocycles. The molecule has 1 N–H and O–H groups in total. The highest BCUT2D eigenvalue weighted by Crippen LogP contribution is 2.35. The van der Waals surface area contributed by atoms with Crippen LogP contribution in [0.4, 0.5) is 11.4 Å². The van der Waals surface area contributed by atoms with Crippen molar-refractivity contribution >= 4 is 40.4 Å². The molecule has 0 fully saturated rings. The molecule has 5 heteroatoms. The van der Waals surface area contributed by atoms with E-state index in [0.29, 0.717) is 21.8 Å². The summed E-state index contributed by atoms with van der Waals surface area (Å²) in [6.45, 7) is 5.81. The number of nitrogens with one attached hydrogen (secondary N) is 1. The van der Waals surface area contributed by atoms with Gasteiger partial charge in [-0.05, 0) is 62.2 Å². The van der Waals surface area contributed by atoms with Crippen LogP contribution in [-0.4, -0.2) is 11.8 Å². The molecular weight excluding hydrogens is 396 g/mol. The van der Waals surface area contributed by atoms with Gasteiger partial charge in [-0.15, -0.1) is 0 Å². The van der Waals surface area contributed by atoms with Crippen molar-refractivity contribution in [3.05, 3.63) is 99.7 Å². The summed E-state index contributed by atoms with van der Waals surface area (Å²) in [5.74, 6) is -0.745. The van der Waals surface area contributed by atoms with Gasteiger partial charge in [0.05, 0.1) is 11.3 Å². The number of imide groups is 1. The molecule has 0 aromatic heterocycles. The maximum absolute atomic E-state index is 13.5. The highest BCUT2D eigenvalue weighted by Gasteiger charge is 2.40. The second-order valence-electron chi connectivity index (χ2n) is 7.48. The topological polar surface area (TPSA) is 49.4 Å². The first-order valence-corrected chi connectivity index (χ1v) is 10.0. The number of rotatable bonds is 4. The molecule has 0 atom stereocenters. The first-order chi connectivity index (χ1) is 14.3. The van der Waals surface area contributed by atoms with E-state index in [9.17, 15) is 9.59 Å². The van der Waals surface area contributed by atoms with E-state index in [2.05, 4.69) is 5.32 Å². The van der Waals surface area contributed by atoms with Crippen LogP contribution in [0, 0.1) is 20.8 Å². The van der Waals surface area contributed by atoms with E-state index < -0.39 is 0 Å². The molecule has 1 aliphatic heterocycles. The summed E-state index contributed by atoms with van der Waals surface area (Å²) in [6.07, 6.45) is 0. The molecule has 0 bridgehead atoms. The maximum atomic E-state index is 13.5. The van der Waals surface area contributed by atoms with Crippen LogP contribution in [0.25, 0.3) is 5.57 Å². The summed E-state index contributed by atoms with van der Waals surface area (Å²) >= 11 is 6.07. The lowest BCUT2D eigenvalue weighted by Gasteiger charge is -2.18. The zero-order valence-corrected chi connectivity index (χ0v) is 17.7. The van der Waals surface area contributed by atoms with Crippen LogP contribution in [0.15, 0.2) is 72.4 Å². The number of hydrogen-bond donors (Lipinski definition) is 1. The predicted molar refractivity (Wildman–Crippen MR) is 122 cm³/mol. The number of carbonyl (C=O) groups excluding carboxylic acids is 2. The normalized spacial score (nSPS) is 13.9. The first-order valence-electron chi connectivity index (χ1n) is 9.65. The Morgan fingerprint density at radius 2 is 1.37 bits per heavy atom. The minimum absolute atomic E-state index is 0.266. The summed E-state index contributed by atoms with van der Waals surface area (Å²) < 4.78 is 0. The van der Waals surface area contributed by atoms with E-state index in [4.69, 9.17) is 11.6 Å². The third kappa shape index (κ3) is 3.62. The van der Waals surface area contributed by atoms with Crippen LogP contribution in [0.5, 0.6) is 0 Å². The molecule has 30 heavy (non-hydrogen) atoms. The molecule has 0 radical (unpaired) electrons. The van der Waals surface area contributed by atoms with Gasteiger partial charge >= 0.3 is 0 Å². The van der Waals surface area contributed by atoms with Gasteiger partial charge in [0.25, 0.3) is 11.8 Å². The Balaban J connectivity index is 1.83. The lowest BCUT2D eigenvalue weighted by atomic mass is 10.0. The fourth-order valence-electron chi connectivity index (χ4n) is 3.50. The zero-order chi connectivity index (χ0) is 21.4. The Hall–Kier alpha value is -3.37. The van der Waals surface area contributed by atoms with Gasteiger partial charge in [-0.2, -0.15) is 0 Å². The van der Waals surface area contributed by atoms with Crippen molar-refractivity contribution in [3.8, 4) is 0 Å². The van der Waals surface area contributed by atoms with E-state index in [1.54, 1.807) is 18.2 Å². The van der Waals surface area contributed by atoms with E-state index in [1.165, 1.54) is 4.90 Å². The van der Waals surface area contributed by atoms with Gasteiger partial charge in [0.2, 0.25) is 0 Å². The Labute approximate surface area is 180 Å². The largest absolute Gasteiger partial charge is 0.350 e. The fraction of sp³-hybridized carbons (Fsp3) is 0.120. The molecule has 0 aliphatic carbocycles. The molecule has 4 rings (SSSR count). The van der Waals surface area contributed by atoms with Crippen LogP contribution in [0.2, 0.25) is 5.02 Å². The van der Waals surface area contributed by atoms with Crippen LogP contribution in [0.3, 0.4) is 0 Å². The lowest BCUT2D eigenvalue weighted by molar-refractivity contribution is -0.120. The highest BCUT2D eigenvalue weighted by atomic mass is 35.5. The van der Waals surface area contributed by atoms with Gasteiger partial charge in [0.1, 0.15) is 5.70 Å². The number of aryl methyl sites for hydroxylation is 3. The molecule has 150 valence electrons. The summed E-state index contributed by atoms with van der Waals surface area (Å²) in [4.78, 5) is 28.1. The quantitative estimate of drug-likeness (QED) is 0.558. The summed E-state index contributed by atoms with van der Waals surface area (Å²) in [7, 11) is 0. The van der Waals surface area contributed by atoms with Gasteiger partial charge < -0.3 is 5.32 Å². The first kappa shape index (κ1) is 19.9. The molecule has 0 spiro atoms. The monoisotopic (exact) mass is 416 g/mol. The molecule has 1 heterocycles. The van der Waals surface area contributed by atoms with Crippen molar-refractivity contribution in [1.29, 1.82) is 0 Å². The van der Waals surface area contributed by atoms with Gasteiger partial charge in [-0.1, -0.05) is 59.1 Å². The molecule has 4 nitrogen and oxygen atoms in total. The Morgan fingerprint density at radius 1 is 0.767 bits per heavy atom. The van der Waals surface area contributed by atoms with Crippen molar-refractivity contribution in [3.63, 3.8) is 0 Å². The minimum Gasteiger partial charge on any atom is -0.350 e. The minimum atomic E-state index is -0.387. The summed E-state index contributed by atoms with van der Waals surface area (Å²) in [6, 6.07) is 20.4. The number of halogens is 1. The molecule has 0 unspecified atom stereocenters. The molecule has 1 aliphatic rings. The van der Waals surface area contributed by atoms with E-state index in [-0.39, 0.29) is 17.5 Å². The summed E-state index contributed by atoms with van der Waals surface area (Å²) in [5.41, 5.74) is 5.54. The van der Waals surface area contributed by atoms with Gasteiger partial charge in [-0.25, -0.2) is 4.90 Å². The van der Waals surface area contributed by atoms with Crippen molar-refractivity contribution in [2.45, 2.75) is 20.8 Å². The number of benzene rings is 3. The molecule has 3 aromatic carbocycles. The zero-order valence-electron chi connectivity index (χ0n) is 17.0. The SMILES string of the molecule is Cc1ccc(NC2=C(c3ccc(C)cc3)C(=O)N(c3ccc(Cl)cc3C)C2=O)cc1. The van der Waals surface area contributed by atoms with Crippen molar-refractivity contribution in [1.82, 2.24) is 0 Å². The lowest BCUT2D eigenvalue weighted by Crippen LogP contribution is -2.33. The van der Waals surface area contributed by atoms with Crippen molar-refractivity contribution < 1.29 is 9.59 Å². The molecular formula is C25H21ClN2O2. The van der Waals surface area contributed by atoms with Crippen LogP contribution >= 0.6 is 11.6 Å². The standard InChI is InChI=1S/C25H21ClN2O2/c1-15-4-8-18(9-5-15)22-23(27-20-11-6-16(2)7-12-20)25(30)28(24(22)29)21-13-10-19(26)14-17(21)3/h4-14,27H,1-3H3. The Morgan fingerprint density at radius 3 is 1.97 bits per heavy atom. The van der Waals surface area contributed by atoms with Crippen molar-refractivity contribution in [2.75, 3.05) is 10.2 Å². The number of nitrogens with zero attached hydrogens (tertiary/aromatic N) is 1. The second kappa shape index (κ2) is 7.81. The Bertz CT molecular complexity index is 1180. The van der Waals surface area contributed by atoms with Crippen molar-refractivity contribution in [2.24, 2.45) is 0 Å². The number of amides is 2. The van der Waals surface area contributed by atoms with Crippen LogP contribution < -0.4 is 10.2 Å². The van der Waals surface area contributed by atoms with Crippen LogP contribution in [-0.2, 0) is 9.59 Å². The fourth-order valence-corrected chi connectivity index (χ4v) is 3.73. The predicted octanol–water partition coefficient (Wildman–Crippen LogP) is 5.66. The number of carbonyl (C=O) groups is 2. The van der Waals surface area contributed by atoms with Gasteiger partial charge in [0.15, 0.2) is 0 Å². The Kier molecular flexibility index (Phi) is 5.18. The van der Waals surface area contributed by atoms with Crippen LogP contribution in [0.1, 0.15) is 22.3 Å². The number of anilines is 2. The summed E-state index contributed by atoms with van der Waals surface area (Å²) in [5, 5.41) is 3.74. The maximum Gasteiger partial charge on any atom is 0.282 e. The van der Waals surface area contributed by atoms with E-state index in [1.807, 2.05) is 69.3 Å². The molecule has 2 amide bonds. The highest BCUT2D eigenvalue weighted by molar-refractivity contribution is 6.46. The number of hydrogen-bond acceptors (Lipinski definition) is 3. The average molecular weight is 417 g/mol. The van der Waals surface area contributed by atoms with Gasteiger partial charge in [0, 0.05) is 10.7 Å². The second-order valence-corrected chi connectivity index (χ2v) is 7.92. The third-order valence-corrected chi connectivity index (χ3v) is 5.38. The molecule has 0 saturated carbocycles. The van der Waals surface area contributed by atoms with E-state index in [0.717, 1.165) is 22.4 Å². The van der Waals surface area contributed by atoms with E-state index >= 15 is 0 Å². The van der Waals surface area contributed by atoms with Gasteiger partial charge in [-0.3, -0.25) is 9.59 Å². The smallest absolute Gasteiger partial charge is 0.282 e. The average Bonchev–Trinajstić information content (AvgIpc) is 2.95. The molecule has 3 aromatic rings. The third-order valence-electron chi connectivity index (χ3n) is 5.14.